The highest BCUT2D eigenvalue weighted by atomic mass is 32.2. The van der Waals surface area contributed by atoms with Gasteiger partial charge in [-0.25, -0.2) is 18.4 Å². The first-order valence-electron chi connectivity index (χ1n) is 11.1. The summed E-state index contributed by atoms with van der Waals surface area (Å²) in [5.41, 5.74) is 3.32. The van der Waals surface area contributed by atoms with Gasteiger partial charge >= 0.3 is 15.5 Å². The van der Waals surface area contributed by atoms with Crippen LogP contribution in [-0.4, -0.2) is 40.8 Å². The lowest BCUT2D eigenvalue weighted by molar-refractivity contribution is -0.0492. The molecule has 3 aromatic rings. The van der Waals surface area contributed by atoms with E-state index >= 15 is 0 Å². The van der Waals surface area contributed by atoms with E-state index < -0.39 is 21.6 Å². The Kier molecular flexibility index (Phi) is 7.00. The highest BCUT2D eigenvalue weighted by molar-refractivity contribution is 7.89. The van der Waals surface area contributed by atoms with Crippen molar-refractivity contribution in [1.29, 1.82) is 0 Å². The molecule has 0 amide bonds. The number of rotatable bonds is 6. The molecule has 186 valence electrons. The standard InChI is InChI=1S/C24H26F3N5O2S/c1-17-6-5-9-21-20(17)15-31(35(33,34)24(25,26)27)14-19(11-10-18-7-3-2-4-8-18)32(21)16-23-29-13-12-22(28)30-23/h2-9,12-13,19H,10-11,14-16H2,1H3,(H2,28,29,30). The molecular formula is C24H26F3N5O2S. The summed E-state index contributed by atoms with van der Waals surface area (Å²) in [6.45, 7) is 1.22. The average Bonchev–Trinajstić information content (AvgIpc) is 2.96. The van der Waals surface area contributed by atoms with Crippen LogP contribution in [0.3, 0.4) is 0 Å². The molecule has 11 heteroatoms. The molecule has 2 N–H and O–H groups in total. The van der Waals surface area contributed by atoms with E-state index in [4.69, 9.17) is 5.73 Å². The monoisotopic (exact) mass is 505 g/mol. The summed E-state index contributed by atoms with van der Waals surface area (Å²) in [5.74, 6) is 0.672. The van der Waals surface area contributed by atoms with Gasteiger partial charge in [-0.2, -0.15) is 17.5 Å². The summed E-state index contributed by atoms with van der Waals surface area (Å²) in [5, 5.41) is 0. The quantitative estimate of drug-likeness (QED) is 0.544. The molecule has 1 unspecified atom stereocenters. The molecule has 7 nitrogen and oxygen atoms in total. The van der Waals surface area contributed by atoms with E-state index in [-0.39, 0.29) is 25.5 Å². The van der Waals surface area contributed by atoms with Crippen LogP contribution in [-0.2, 0) is 29.5 Å². The number of alkyl halides is 3. The summed E-state index contributed by atoms with van der Waals surface area (Å²) in [6.07, 6.45) is 2.50. The molecule has 1 atom stereocenters. The van der Waals surface area contributed by atoms with Crippen LogP contribution in [0.1, 0.15) is 28.9 Å². The SMILES string of the molecule is Cc1cccc2c1CN(S(=O)(=O)C(F)(F)F)CC(CCc1ccccc1)N2Cc1nccc(N)n1. The zero-order valence-corrected chi connectivity index (χ0v) is 19.9. The maximum Gasteiger partial charge on any atom is 0.511 e. The van der Waals surface area contributed by atoms with Gasteiger partial charge in [0, 0.05) is 31.0 Å². The summed E-state index contributed by atoms with van der Waals surface area (Å²) in [4.78, 5) is 10.4. The lowest BCUT2D eigenvalue weighted by Gasteiger charge is -2.34. The maximum absolute atomic E-state index is 13.6. The molecule has 0 saturated heterocycles. The van der Waals surface area contributed by atoms with Crippen LogP contribution in [0.2, 0.25) is 0 Å². The fourth-order valence-corrected chi connectivity index (χ4v) is 5.31. The van der Waals surface area contributed by atoms with Gasteiger partial charge in [-0.1, -0.05) is 42.5 Å². The molecule has 0 aliphatic carbocycles. The second kappa shape index (κ2) is 9.82. The summed E-state index contributed by atoms with van der Waals surface area (Å²) in [6, 6.07) is 15.9. The summed E-state index contributed by atoms with van der Waals surface area (Å²) in [7, 11) is -5.55. The van der Waals surface area contributed by atoms with E-state index in [9.17, 15) is 21.6 Å². The molecule has 0 radical (unpaired) electrons. The van der Waals surface area contributed by atoms with Crippen LogP contribution >= 0.6 is 0 Å². The van der Waals surface area contributed by atoms with Gasteiger partial charge in [0.2, 0.25) is 0 Å². The molecule has 35 heavy (non-hydrogen) atoms. The third-order valence-electron chi connectivity index (χ3n) is 6.16. The average molecular weight is 506 g/mol. The first-order chi connectivity index (χ1) is 16.6. The van der Waals surface area contributed by atoms with Crippen molar-refractivity contribution in [3.05, 3.63) is 83.3 Å². The fraction of sp³-hybridized carbons (Fsp3) is 0.333. The van der Waals surface area contributed by atoms with E-state index in [1.54, 1.807) is 25.1 Å². The van der Waals surface area contributed by atoms with Crippen LogP contribution in [0.25, 0.3) is 0 Å². The predicted molar refractivity (Wildman–Crippen MR) is 128 cm³/mol. The number of anilines is 2. The normalized spacial score (nSPS) is 17.1. The van der Waals surface area contributed by atoms with E-state index in [1.165, 1.54) is 6.20 Å². The molecule has 1 aliphatic rings. The van der Waals surface area contributed by atoms with Crippen LogP contribution < -0.4 is 10.6 Å². The number of aryl methyl sites for hydroxylation is 2. The first kappa shape index (κ1) is 24.9. The van der Waals surface area contributed by atoms with Gasteiger partial charge in [-0.3, -0.25) is 0 Å². The Balaban J connectivity index is 1.79. The Morgan fingerprint density at radius 2 is 1.83 bits per heavy atom. The number of fused-ring (bicyclic) bond motifs is 1. The molecule has 0 spiro atoms. The van der Waals surface area contributed by atoms with E-state index in [1.807, 2.05) is 41.3 Å². The number of nitrogens with two attached hydrogens (primary N) is 1. The Morgan fingerprint density at radius 1 is 1.09 bits per heavy atom. The third-order valence-corrected chi connectivity index (χ3v) is 7.71. The zero-order chi connectivity index (χ0) is 25.2. The van der Waals surface area contributed by atoms with Gasteiger partial charge in [0.25, 0.3) is 0 Å². The minimum atomic E-state index is -5.55. The number of halogens is 3. The van der Waals surface area contributed by atoms with Crippen LogP contribution in [0, 0.1) is 6.92 Å². The van der Waals surface area contributed by atoms with Gasteiger partial charge in [0.05, 0.1) is 6.54 Å². The molecule has 2 heterocycles. The molecule has 2 aromatic carbocycles. The topological polar surface area (TPSA) is 92.4 Å². The Morgan fingerprint density at radius 3 is 2.51 bits per heavy atom. The molecule has 1 aromatic heterocycles. The smallest absolute Gasteiger partial charge is 0.384 e. The van der Waals surface area contributed by atoms with Gasteiger partial charge in [0.1, 0.15) is 11.6 Å². The summed E-state index contributed by atoms with van der Waals surface area (Å²) >= 11 is 0. The number of aromatic nitrogens is 2. The van der Waals surface area contributed by atoms with Gasteiger partial charge in [-0.15, -0.1) is 0 Å². The number of nitrogens with zero attached hydrogens (tertiary/aromatic N) is 4. The van der Waals surface area contributed by atoms with Crippen LogP contribution in [0.5, 0.6) is 0 Å². The van der Waals surface area contributed by atoms with Crippen molar-refractivity contribution in [2.45, 2.75) is 44.4 Å². The van der Waals surface area contributed by atoms with Crippen molar-refractivity contribution >= 4 is 21.5 Å². The van der Waals surface area contributed by atoms with Gasteiger partial charge in [0.15, 0.2) is 0 Å². The first-order valence-corrected chi connectivity index (χ1v) is 12.5. The molecular weight excluding hydrogens is 479 g/mol. The Labute approximate surface area is 202 Å². The highest BCUT2D eigenvalue weighted by Gasteiger charge is 2.51. The van der Waals surface area contributed by atoms with Crippen LogP contribution in [0.15, 0.2) is 60.8 Å². The van der Waals surface area contributed by atoms with Crippen molar-refractivity contribution in [2.24, 2.45) is 0 Å². The molecule has 4 rings (SSSR count). The number of hydrogen-bond donors (Lipinski definition) is 1. The number of sulfonamides is 1. The zero-order valence-electron chi connectivity index (χ0n) is 19.1. The predicted octanol–water partition coefficient (Wildman–Crippen LogP) is 4.04. The number of hydrogen-bond acceptors (Lipinski definition) is 6. The van der Waals surface area contributed by atoms with Crippen molar-refractivity contribution in [3.63, 3.8) is 0 Å². The van der Waals surface area contributed by atoms with E-state index in [0.29, 0.717) is 39.8 Å². The van der Waals surface area contributed by atoms with E-state index in [2.05, 4.69) is 9.97 Å². The molecule has 1 aliphatic heterocycles. The lowest BCUT2D eigenvalue weighted by atomic mass is 10.0. The third kappa shape index (κ3) is 5.40. The van der Waals surface area contributed by atoms with Gasteiger partial charge < -0.3 is 10.6 Å². The fourth-order valence-electron chi connectivity index (χ4n) is 4.35. The maximum atomic E-state index is 13.6. The van der Waals surface area contributed by atoms with Crippen molar-refractivity contribution < 1.29 is 21.6 Å². The second-order valence-electron chi connectivity index (χ2n) is 8.52. The minimum absolute atomic E-state index is 0.168. The lowest BCUT2D eigenvalue weighted by Crippen LogP contribution is -2.47. The van der Waals surface area contributed by atoms with Crippen LogP contribution in [0.4, 0.5) is 24.7 Å². The molecule has 0 fully saturated rings. The van der Waals surface area contributed by atoms with Crippen molar-refractivity contribution in [1.82, 2.24) is 14.3 Å². The second-order valence-corrected chi connectivity index (χ2v) is 10.4. The minimum Gasteiger partial charge on any atom is -0.384 e. The summed E-state index contributed by atoms with van der Waals surface area (Å²) < 4.78 is 66.5. The Hall–Kier alpha value is -3.18. The Bertz CT molecular complexity index is 1290. The van der Waals surface area contributed by atoms with Gasteiger partial charge in [-0.05, 0) is 48.6 Å². The van der Waals surface area contributed by atoms with E-state index in [0.717, 1.165) is 5.56 Å². The number of nitrogen functional groups attached to an aromatic ring is 1. The van der Waals surface area contributed by atoms with Crippen molar-refractivity contribution in [3.8, 4) is 0 Å². The largest absolute Gasteiger partial charge is 0.511 e. The molecule has 0 saturated carbocycles. The van der Waals surface area contributed by atoms with Crippen molar-refractivity contribution in [2.75, 3.05) is 17.2 Å². The highest BCUT2D eigenvalue weighted by Crippen LogP contribution is 2.37. The number of benzene rings is 2. The molecule has 0 bridgehead atoms.